The number of amides is 1. The van der Waals surface area contributed by atoms with Crippen LogP contribution in [0, 0.1) is 5.92 Å². The molecule has 0 bridgehead atoms. The molecule has 0 aromatic carbocycles. The van der Waals surface area contributed by atoms with Gasteiger partial charge in [0.1, 0.15) is 0 Å². The van der Waals surface area contributed by atoms with Gasteiger partial charge in [0, 0.05) is 17.3 Å². The topological polar surface area (TPSA) is 66.4 Å². The fourth-order valence-electron chi connectivity index (χ4n) is 2.74. The lowest BCUT2D eigenvalue weighted by Gasteiger charge is -2.16. The average Bonchev–Trinajstić information content (AvgIpc) is 2.81. The molecule has 1 amide bonds. The molecule has 1 aliphatic rings. The first-order valence-corrected chi connectivity index (χ1v) is 8.41. The molecule has 5 heteroatoms. The maximum atomic E-state index is 12.2. The van der Waals surface area contributed by atoms with E-state index in [4.69, 9.17) is 5.11 Å². The van der Waals surface area contributed by atoms with Gasteiger partial charge in [-0.3, -0.25) is 9.59 Å². The average molecular weight is 309 g/mol. The molecule has 2 rings (SSSR count). The summed E-state index contributed by atoms with van der Waals surface area (Å²) in [7, 11) is 0. The van der Waals surface area contributed by atoms with Gasteiger partial charge < -0.3 is 10.4 Å². The molecule has 1 aromatic rings. The third-order valence-corrected chi connectivity index (χ3v) is 5.19. The van der Waals surface area contributed by atoms with Crippen molar-refractivity contribution in [2.75, 3.05) is 0 Å². The number of aliphatic carboxylic acids is 1. The second kappa shape index (κ2) is 7.07. The van der Waals surface area contributed by atoms with Crippen LogP contribution >= 0.6 is 11.3 Å². The predicted octanol–water partition coefficient (Wildman–Crippen LogP) is 3.25. The number of fused-ring (bicyclic) bond motifs is 1. The van der Waals surface area contributed by atoms with Gasteiger partial charge in [0.2, 0.25) is 0 Å². The minimum atomic E-state index is -0.784. The van der Waals surface area contributed by atoms with Crippen molar-refractivity contribution in [2.24, 2.45) is 5.92 Å². The molecule has 0 aliphatic heterocycles. The third kappa shape index (κ3) is 4.56. The normalized spacial score (nSPS) is 18.9. The van der Waals surface area contributed by atoms with Crippen molar-refractivity contribution in [3.63, 3.8) is 0 Å². The lowest BCUT2D eigenvalue weighted by molar-refractivity contribution is -0.137. The molecule has 0 radical (unpaired) electrons. The minimum absolute atomic E-state index is 0.00917. The number of rotatable bonds is 6. The lowest BCUT2D eigenvalue weighted by atomic mass is 9.90. The quantitative estimate of drug-likeness (QED) is 0.847. The van der Waals surface area contributed by atoms with Crippen molar-refractivity contribution < 1.29 is 14.7 Å². The van der Waals surface area contributed by atoms with Gasteiger partial charge in [0.05, 0.1) is 4.88 Å². The first-order chi connectivity index (χ1) is 9.95. The van der Waals surface area contributed by atoms with Crippen LogP contribution in [0.4, 0.5) is 0 Å². The molecule has 4 nitrogen and oxygen atoms in total. The van der Waals surface area contributed by atoms with Gasteiger partial charge in [-0.1, -0.05) is 6.92 Å². The van der Waals surface area contributed by atoms with E-state index < -0.39 is 5.97 Å². The van der Waals surface area contributed by atoms with Gasteiger partial charge in [0.15, 0.2) is 0 Å². The van der Waals surface area contributed by atoms with Crippen LogP contribution in [0.15, 0.2) is 6.07 Å². The Balaban J connectivity index is 1.87. The number of carbonyl (C=O) groups excluding carboxylic acids is 1. The van der Waals surface area contributed by atoms with Crippen LogP contribution in [0.1, 0.15) is 59.6 Å². The molecule has 21 heavy (non-hydrogen) atoms. The summed E-state index contributed by atoms with van der Waals surface area (Å²) in [5.41, 5.74) is 1.34. The Morgan fingerprint density at radius 2 is 2.29 bits per heavy atom. The van der Waals surface area contributed by atoms with Gasteiger partial charge in [-0.15, -0.1) is 11.3 Å². The van der Waals surface area contributed by atoms with Gasteiger partial charge in [-0.25, -0.2) is 0 Å². The highest BCUT2D eigenvalue weighted by Gasteiger charge is 2.21. The van der Waals surface area contributed by atoms with E-state index in [1.807, 2.05) is 13.0 Å². The van der Waals surface area contributed by atoms with Crippen LogP contribution in [0.25, 0.3) is 0 Å². The molecular weight excluding hydrogens is 286 g/mol. The van der Waals surface area contributed by atoms with Crippen molar-refractivity contribution in [1.82, 2.24) is 5.32 Å². The minimum Gasteiger partial charge on any atom is -0.481 e. The molecule has 2 unspecified atom stereocenters. The van der Waals surface area contributed by atoms with Gasteiger partial charge in [0.25, 0.3) is 5.91 Å². The van der Waals surface area contributed by atoms with Crippen LogP contribution < -0.4 is 5.32 Å². The first-order valence-electron chi connectivity index (χ1n) is 7.60. The number of hydrogen-bond donors (Lipinski definition) is 2. The number of thiophene rings is 1. The number of carboxylic acid groups (broad SMARTS) is 1. The summed E-state index contributed by atoms with van der Waals surface area (Å²) >= 11 is 1.61. The molecule has 1 aromatic heterocycles. The van der Waals surface area contributed by atoms with Crippen molar-refractivity contribution in [3.05, 3.63) is 21.4 Å². The molecule has 0 spiro atoms. The SMILES string of the molecule is CC1CCc2sc(C(=O)NC(C)CCCC(=O)O)cc2C1. The van der Waals surface area contributed by atoms with Crippen LogP contribution in [-0.4, -0.2) is 23.0 Å². The number of carbonyl (C=O) groups is 2. The number of carboxylic acids is 1. The summed E-state index contributed by atoms with van der Waals surface area (Å²) < 4.78 is 0. The Bertz CT molecular complexity index is 524. The third-order valence-electron chi connectivity index (χ3n) is 3.96. The fourth-order valence-corrected chi connectivity index (χ4v) is 3.86. The standard InChI is InChI=1S/C16H23NO3S/c1-10-6-7-13-12(8-10)9-14(21-13)16(20)17-11(2)4-3-5-15(18)19/h9-11H,3-8H2,1-2H3,(H,17,20)(H,18,19). The van der Waals surface area contributed by atoms with E-state index in [0.717, 1.165) is 17.7 Å². The van der Waals surface area contributed by atoms with Crippen molar-refractivity contribution >= 4 is 23.2 Å². The molecule has 2 N–H and O–H groups in total. The van der Waals surface area contributed by atoms with Gasteiger partial charge in [-0.05, 0) is 56.6 Å². The zero-order valence-corrected chi connectivity index (χ0v) is 13.5. The Labute approximate surface area is 129 Å². The maximum absolute atomic E-state index is 12.2. The van der Waals surface area contributed by atoms with E-state index in [0.29, 0.717) is 18.8 Å². The van der Waals surface area contributed by atoms with Crippen molar-refractivity contribution in [3.8, 4) is 0 Å². The zero-order valence-electron chi connectivity index (χ0n) is 12.6. The summed E-state index contributed by atoms with van der Waals surface area (Å²) in [6, 6.07) is 2.05. The number of aryl methyl sites for hydroxylation is 1. The fraction of sp³-hybridized carbons (Fsp3) is 0.625. The van der Waals surface area contributed by atoms with Crippen LogP contribution in [0.3, 0.4) is 0 Å². The maximum Gasteiger partial charge on any atom is 0.303 e. The van der Waals surface area contributed by atoms with Crippen LogP contribution in [0.2, 0.25) is 0 Å². The largest absolute Gasteiger partial charge is 0.481 e. The van der Waals surface area contributed by atoms with Gasteiger partial charge >= 0.3 is 5.97 Å². The molecule has 2 atom stereocenters. The van der Waals surface area contributed by atoms with Crippen LogP contribution in [0.5, 0.6) is 0 Å². The number of hydrogen-bond acceptors (Lipinski definition) is 3. The highest BCUT2D eigenvalue weighted by atomic mass is 32.1. The molecule has 0 fully saturated rings. The smallest absolute Gasteiger partial charge is 0.303 e. The van der Waals surface area contributed by atoms with E-state index in [1.54, 1.807) is 11.3 Å². The molecule has 1 aliphatic carbocycles. The highest BCUT2D eigenvalue weighted by molar-refractivity contribution is 7.14. The predicted molar refractivity (Wildman–Crippen MR) is 83.9 cm³/mol. The monoisotopic (exact) mass is 309 g/mol. The second-order valence-corrected chi connectivity index (χ2v) is 7.20. The summed E-state index contributed by atoms with van der Waals surface area (Å²) in [4.78, 5) is 24.9. The van der Waals surface area contributed by atoms with E-state index >= 15 is 0 Å². The molecule has 1 heterocycles. The van der Waals surface area contributed by atoms with Crippen molar-refractivity contribution in [1.29, 1.82) is 0 Å². The summed E-state index contributed by atoms with van der Waals surface area (Å²) in [6.45, 7) is 4.18. The lowest BCUT2D eigenvalue weighted by Crippen LogP contribution is -2.32. The molecular formula is C16H23NO3S. The Morgan fingerprint density at radius 1 is 1.52 bits per heavy atom. The van der Waals surface area contributed by atoms with E-state index in [-0.39, 0.29) is 18.4 Å². The van der Waals surface area contributed by atoms with Crippen LogP contribution in [-0.2, 0) is 17.6 Å². The first kappa shape index (κ1) is 16.0. The van der Waals surface area contributed by atoms with Gasteiger partial charge in [-0.2, -0.15) is 0 Å². The zero-order chi connectivity index (χ0) is 15.4. The second-order valence-electron chi connectivity index (χ2n) is 6.07. The molecule has 0 saturated heterocycles. The van der Waals surface area contributed by atoms with E-state index in [2.05, 4.69) is 12.2 Å². The summed E-state index contributed by atoms with van der Waals surface area (Å²) in [5, 5.41) is 11.6. The number of nitrogens with one attached hydrogen (secondary N) is 1. The summed E-state index contributed by atoms with van der Waals surface area (Å²) in [5.74, 6) is -0.101. The van der Waals surface area contributed by atoms with Crippen molar-refractivity contribution in [2.45, 2.75) is 58.4 Å². The Hall–Kier alpha value is -1.36. The molecule has 116 valence electrons. The van der Waals surface area contributed by atoms with E-state index in [9.17, 15) is 9.59 Å². The Kier molecular flexibility index (Phi) is 5.39. The highest BCUT2D eigenvalue weighted by Crippen LogP contribution is 2.32. The molecule has 0 saturated carbocycles. The summed E-state index contributed by atoms with van der Waals surface area (Å²) in [6.07, 6.45) is 4.82. The van der Waals surface area contributed by atoms with E-state index in [1.165, 1.54) is 16.9 Å². The Morgan fingerprint density at radius 3 is 3.00 bits per heavy atom.